The van der Waals surface area contributed by atoms with Crippen molar-refractivity contribution >= 4 is 44.2 Å². The van der Waals surface area contributed by atoms with Crippen LogP contribution >= 0.6 is 11.3 Å². The second kappa shape index (κ2) is 10.6. The van der Waals surface area contributed by atoms with Gasteiger partial charge in [-0.2, -0.15) is 0 Å². The number of anilines is 2. The predicted octanol–water partition coefficient (Wildman–Crippen LogP) is 6.10. The maximum atomic E-state index is 12.4. The number of hydrogen-bond donors (Lipinski definition) is 2. The largest absolute Gasteiger partial charge is 0.484 e. The zero-order valence-electron chi connectivity index (χ0n) is 18.4. The number of fused-ring (bicyclic) bond motifs is 1. The van der Waals surface area contributed by atoms with Crippen LogP contribution < -0.4 is 15.4 Å². The average molecular weight is 452 g/mol. The molecule has 32 heavy (non-hydrogen) atoms. The number of ether oxygens (including phenoxy) is 1. The Morgan fingerprint density at radius 1 is 1.03 bits per heavy atom. The number of aromatic nitrogens is 1. The van der Waals surface area contributed by atoms with Gasteiger partial charge in [0.15, 0.2) is 11.7 Å². The highest BCUT2D eigenvalue weighted by Crippen LogP contribution is 2.33. The molecule has 0 radical (unpaired) electrons. The lowest BCUT2D eigenvalue weighted by Gasteiger charge is -2.22. The second-order valence-corrected chi connectivity index (χ2v) is 9.27. The molecule has 168 valence electrons. The molecule has 0 spiro atoms. The van der Waals surface area contributed by atoms with E-state index < -0.39 is 0 Å². The van der Waals surface area contributed by atoms with Crippen LogP contribution in [-0.4, -0.2) is 23.4 Å². The van der Waals surface area contributed by atoms with E-state index in [4.69, 9.17) is 4.74 Å². The number of carbonyl (C=O) groups is 2. The van der Waals surface area contributed by atoms with Crippen LogP contribution in [0.3, 0.4) is 0 Å². The van der Waals surface area contributed by atoms with Gasteiger partial charge in [0.2, 0.25) is 5.91 Å². The smallest absolute Gasteiger partial charge is 0.262 e. The first-order valence-corrected chi connectivity index (χ1v) is 12.2. The van der Waals surface area contributed by atoms with Gasteiger partial charge in [-0.1, -0.05) is 49.7 Å². The number of nitrogens with one attached hydrogen (secondary N) is 2. The molecule has 2 aromatic carbocycles. The first-order chi connectivity index (χ1) is 15.6. The van der Waals surface area contributed by atoms with Gasteiger partial charge in [0.05, 0.1) is 10.2 Å². The quantitative estimate of drug-likeness (QED) is 0.434. The van der Waals surface area contributed by atoms with E-state index in [0.29, 0.717) is 28.9 Å². The molecule has 1 aliphatic rings. The summed E-state index contributed by atoms with van der Waals surface area (Å²) in [6.07, 6.45) is 7.76. The Kier molecular flexibility index (Phi) is 7.37. The van der Waals surface area contributed by atoms with E-state index in [-0.39, 0.29) is 18.4 Å². The van der Waals surface area contributed by atoms with Gasteiger partial charge in [0, 0.05) is 12.1 Å². The van der Waals surface area contributed by atoms with E-state index >= 15 is 0 Å². The number of rotatable bonds is 8. The van der Waals surface area contributed by atoms with Crippen molar-refractivity contribution in [2.24, 2.45) is 0 Å². The molecule has 3 aromatic rings. The highest BCUT2D eigenvalue weighted by Gasteiger charge is 2.15. The molecule has 2 N–H and O–H groups in total. The van der Waals surface area contributed by atoms with Crippen molar-refractivity contribution in [3.05, 3.63) is 48.0 Å². The van der Waals surface area contributed by atoms with Crippen LogP contribution in [0.5, 0.6) is 5.75 Å². The lowest BCUT2D eigenvalue weighted by Crippen LogP contribution is -2.20. The fourth-order valence-corrected chi connectivity index (χ4v) is 5.00. The molecule has 1 fully saturated rings. The van der Waals surface area contributed by atoms with Crippen molar-refractivity contribution in [3.8, 4) is 5.75 Å². The van der Waals surface area contributed by atoms with E-state index in [2.05, 4.69) is 27.8 Å². The molecule has 2 amide bonds. The molecule has 1 aliphatic carbocycles. The topological polar surface area (TPSA) is 80.3 Å². The lowest BCUT2D eigenvalue weighted by molar-refractivity contribution is -0.118. The molecule has 0 aliphatic heterocycles. The van der Waals surface area contributed by atoms with E-state index in [1.165, 1.54) is 49.0 Å². The maximum Gasteiger partial charge on any atom is 0.262 e. The third-order valence-corrected chi connectivity index (χ3v) is 6.66. The highest BCUT2D eigenvalue weighted by molar-refractivity contribution is 7.22. The van der Waals surface area contributed by atoms with Gasteiger partial charge in [-0.15, -0.1) is 0 Å². The summed E-state index contributed by atoms with van der Waals surface area (Å²) in [4.78, 5) is 28.5. The van der Waals surface area contributed by atoms with Crippen LogP contribution in [0.1, 0.15) is 63.4 Å². The van der Waals surface area contributed by atoms with Crippen LogP contribution in [-0.2, 0) is 9.59 Å². The lowest BCUT2D eigenvalue weighted by atomic mass is 9.84. The molecule has 0 bridgehead atoms. The van der Waals surface area contributed by atoms with Crippen LogP contribution in [0, 0.1) is 0 Å². The third-order valence-electron chi connectivity index (χ3n) is 5.72. The Morgan fingerprint density at radius 3 is 2.56 bits per heavy atom. The summed E-state index contributed by atoms with van der Waals surface area (Å²) in [6, 6.07) is 13.7. The second-order valence-electron chi connectivity index (χ2n) is 8.24. The molecular weight excluding hydrogens is 422 g/mol. The molecule has 0 saturated heterocycles. The van der Waals surface area contributed by atoms with Crippen molar-refractivity contribution in [1.82, 2.24) is 4.98 Å². The van der Waals surface area contributed by atoms with Crippen molar-refractivity contribution in [2.45, 2.75) is 57.8 Å². The summed E-state index contributed by atoms with van der Waals surface area (Å²) >= 11 is 1.39. The Hall–Kier alpha value is -2.93. The Balaban J connectivity index is 1.30. The minimum Gasteiger partial charge on any atom is -0.484 e. The maximum absolute atomic E-state index is 12.4. The standard InChI is InChI=1S/C25H29N3O3S/c1-2-6-23(29)28-25-27-21-14-11-19(15-22(21)32-25)26-24(30)16-31-20-12-9-18(10-13-20)17-7-4-3-5-8-17/h9-15,17H,2-8,16H2,1H3,(H,26,30)(H,27,28,29). The molecular formula is C25H29N3O3S. The van der Waals surface area contributed by atoms with E-state index in [0.717, 1.165) is 16.6 Å². The predicted molar refractivity (Wildman–Crippen MR) is 130 cm³/mol. The first-order valence-electron chi connectivity index (χ1n) is 11.3. The minimum absolute atomic E-state index is 0.0380. The Morgan fingerprint density at radius 2 is 1.81 bits per heavy atom. The normalized spacial score (nSPS) is 14.3. The van der Waals surface area contributed by atoms with Crippen molar-refractivity contribution in [2.75, 3.05) is 17.2 Å². The molecule has 1 saturated carbocycles. The van der Waals surface area contributed by atoms with Gasteiger partial charge in [-0.25, -0.2) is 4.98 Å². The van der Waals surface area contributed by atoms with Gasteiger partial charge < -0.3 is 15.4 Å². The molecule has 0 unspecified atom stereocenters. The number of thiazole rings is 1. The zero-order chi connectivity index (χ0) is 22.3. The number of benzene rings is 2. The van der Waals surface area contributed by atoms with Gasteiger partial charge >= 0.3 is 0 Å². The first kappa shape index (κ1) is 22.3. The van der Waals surface area contributed by atoms with Crippen molar-refractivity contribution in [1.29, 1.82) is 0 Å². The third kappa shape index (κ3) is 5.85. The Labute approximate surface area is 192 Å². The fourth-order valence-electron chi connectivity index (χ4n) is 4.08. The van der Waals surface area contributed by atoms with Crippen LogP contribution in [0.25, 0.3) is 10.2 Å². The monoisotopic (exact) mass is 451 g/mol. The van der Waals surface area contributed by atoms with Crippen LogP contribution in [0.2, 0.25) is 0 Å². The van der Waals surface area contributed by atoms with Gasteiger partial charge in [0.25, 0.3) is 5.91 Å². The molecule has 4 rings (SSSR count). The van der Waals surface area contributed by atoms with Crippen molar-refractivity contribution in [3.63, 3.8) is 0 Å². The van der Waals surface area contributed by atoms with E-state index in [1.807, 2.05) is 31.2 Å². The zero-order valence-corrected chi connectivity index (χ0v) is 19.2. The van der Waals surface area contributed by atoms with E-state index in [9.17, 15) is 9.59 Å². The van der Waals surface area contributed by atoms with Crippen molar-refractivity contribution < 1.29 is 14.3 Å². The van der Waals surface area contributed by atoms with Crippen LogP contribution in [0.15, 0.2) is 42.5 Å². The van der Waals surface area contributed by atoms with Gasteiger partial charge in [-0.3, -0.25) is 9.59 Å². The molecule has 0 atom stereocenters. The van der Waals surface area contributed by atoms with Gasteiger partial charge in [-0.05, 0) is 61.1 Å². The average Bonchev–Trinajstić information content (AvgIpc) is 3.20. The highest BCUT2D eigenvalue weighted by atomic mass is 32.1. The summed E-state index contributed by atoms with van der Waals surface area (Å²) < 4.78 is 6.57. The number of carbonyl (C=O) groups excluding carboxylic acids is 2. The summed E-state index contributed by atoms with van der Waals surface area (Å²) in [6.45, 7) is 1.91. The SMILES string of the molecule is CCCC(=O)Nc1nc2ccc(NC(=O)COc3ccc(C4CCCCC4)cc3)cc2s1. The molecule has 7 heteroatoms. The van der Waals surface area contributed by atoms with Crippen LogP contribution in [0.4, 0.5) is 10.8 Å². The molecule has 1 aromatic heterocycles. The molecule has 1 heterocycles. The number of nitrogens with zero attached hydrogens (tertiary/aromatic N) is 1. The number of amides is 2. The van der Waals surface area contributed by atoms with E-state index in [1.54, 1.807) is 6.07 Å². The summed E-state index contributed by atoms with van der Waals surface area (Å²) in [5.41, 5.74) is 2.83. The van der Waals surface area contributed by atoms with Gasteiger partial charge in [0.1, 0.15) is 5.75 Å². The fraction of sp³-hybridized carbons (Fsp3) is 0.400. The number of hydrogen-bond acceptors (Lipinski definition) is 5. The minimum atomic E-state index is -0.221. The summed E-state index contributed by atoms with van der Waals surface area (Å²) in [5, 5.41) is 6.25. The molecule has 6 nitrogen and oxygen atoms in total. The Bertz CT molecular complexity index is 1070. The summed E-state index contributed by atoms with van der Waals surface area (Å²) in [5.74, 6) is 1.10. The summed E-state index contributed by atoms with van der Waals surface area (Å²) in [7, 11) is 0.